The molecule has 5 heteroatoms. The summed E-state index contributed by atoms with van der Waals surface area (Å²) in [6, 6.07) is 9.15. The van der Waals surface area contributed by atoms with Crippen LogP contribution in [0.4, 0.5) is 5.69 Å². The molecule has 0 spiro atoms. The van der Waals surface area contributed by atoms with Crippen molar-refractivity contribution in [2.24, 2.45) is 0 Å². The van der Waals surface area contributed by atoms with Gasteiger partial charge in [0.2, 0.25) is 0 Å². The van der Waals surface area contributed by atoms with Crippen LogP contribution in [0.2, 0.25) is 0 Å². The number of benzene rings is 1. The van der Waals surface area contributed by atoms with Crippen molar-refractivity contribution in [3.05, 3.63) is 39.7 Å². The number of hydrogen-bond donors (Lipinski definition) is 1. The number of fused-ring (bicyclic) bond motifs is 2. The number of thiophene rings is 1. The minimum absolute atomic E-state index is 0.137. The Kier molecular flexibility index (Phi) is 2.22. The van der Waals surface area contributed by atoms with Crippen molar-refractivity contribution in [1.82, 2.24) is 0 Å². The molecule has 0 atom stereocenters. The summed E-state index contributed by atoms with van der Waals surface area (Å²) in [4.78, 5) is 11.9. The average molecular weight is 296 g/mol. The third kappa shape index (κ3) is 1.52. The highest BCUT2D eigenvalue weighted by Crippen LogP contribution is 2.41. The first-order valence-electron chi connectivity index (χ1n) is 4.61. The second-order valence-electron chi connectivity index (χ2n) is 3.30. The van der Waals surface area contributed by atoms with Gasteiger partial charge in [-0.15, -0.1) is 0 Å². The van der Waals surface area contributed by atoms with Crippen LogP contribution in [-0.2, 0) is 0 Å². The van der Waals surface area contributed by atoms with Crippen molar-refractivity contribution in [3.8, 4) is 10.8 Å². The molecule has 1 aromatic carbocycles. The Hall–Kier alpha value is -1.33. The Bertz CT molecular complexity index is 579. The number of carbonyl (C=O) groups excluding carboxylic acids is 1. The molecule has 2 heterocycles. The summed E-state index contributed by atoms with van der Waals surface area (Å²) in [6.45, 7) is 0. The van der Waals surface area contributed by atoms with E-state index in [0.29, 0.717) is 22.1 Å². The van der Waals surface area contributed by atoms with E-state index in [1.807, 2.05) is 24.3 Å². The van der Waals surface area contributed by atoms with Crippen LogP contribution in [0.3, 0.4) is 0 Å². The van der Waals surface area contributed by atoms with Gasteiger partial charge in [0.1, 0.15) is 0 Å². The van der Waals surface area contributed by atoms with E-state index in [1.165, 1.54) is 11.3 Å². The highest BCUT2D eigenvalue weighted by atomic mass is 79.9. The maximum atomic E-state index is 11.9. The van der Waals surface area contributed by atoms with Crippen LogP contribution in [-0.4, -0.2) is 5.91 Å². The van der Waals surface area contributed by atoms with Crippen LogP contribution >= 0.6 is 27.3 Å². The maximum absolute atomic E-state index is 11.9. The van der Waals surface area contributed by atoms with Crippen LogP contribution in [0.15, 0.2) is 34.1 Å². The van der Waals surface area contributed by atoms with Gasteiger partial charge in [0.25, 0.3) is 5.91 Å². The number of amides is 1. The smallest absolute Gasteiger partial charge is 0.260 e. The third-order valence-electron chi connectivity index (χ3n) is 2.25. The van der Waals surface area contributed by atoms with Gasteiger partial charge in [-0.05, 0) is 34.1 Å². The molecule has 0 saturated carbocycles. The van der Waals surface area contributed by atoms with Gasteiger partial charge in [0, 0.05) is 0 Å². The Morgan fingerprint density at radius 3 is 3.00 bits per heavy atom. The molecule has 2 aromatic rings. The zero-order chi connectivity index (χ0) is 11.1. The molecule has 3 nitrogen and oxygen atoms in total. The average Bonchev–Trinajstić information content (AvgIpc) is 2.57. The van der Waals surface area contributed by atoms with Crippen LogP contribution in [0.5, 0.6) is 10.8 Å². The molecule has 1 amide bonds. The summed E-state index contributed by atoms with van der Waals surface area (Å²) in [5.74, 6) is 0.533. The van der Waals surface area contributed by atoms with Gasteiger partial charge in [-0.3, -0.25) is 4.79 Å². The van der Waals surface area contributed by atoms with E-state index < -0.39 is 0 Å². The zero-order valence-corrected chi connectivity index (χ0v) is 10.4. The number of carbonyl (C=O) groups is 1. The quantitative estimate of drug-likeness (QED) is 0.801. The predicted octanol–water partition coefficient (Wildman–Crippen LogP) is 3.87. The van der Waals surface area contributed by atoms with Crippen LogP contribution in [0.1, 0.15) is 10.4 Å². The van der Waals surface area contributed by atoms with Crippen molar-refractivity contribution in [1.29, 1.82) is 0 Å². The molecule has 0 unspecified atom stereocenters. The fraction of sp³-hybridized carbons (Fsp3) is 0. The highest BCUT2D eigenvalue weighted by molar-refractivity contribution is 9.11. The van der Waals surface area contributed by atoms with Gasteiger partial charge in [-0.2, -0.15) is 0 Å². The standard InChI is InChI=1S/C11H6BrNO2S/c12-9-5-6-10(14)13-7-3-1-2-4-8(7)15-11(6)16-9/h1-5H,(H,13,14). The summed E-state index contributed by atoms with van der Waals surface area (Å²) >= 11 is 4.75. The molecule has 1 aliphatic heterocycles. The number of para-hydroxylation sites is 2. The molecule has 3 rings (SSSR count). The largest absolute Gasteiger partial charge is 0.444 e. The van der Waals surface area contributed by atoms with Gasteiger partial charge >= 0.3 is 0 Å². The van der Waals surface area contributed by atoms with Crippen molar-refractivity contribution >= 4 is 38.9 Å². The minimum Gasteiger partial charge on any atom is -0.444 e. The van der Waals surface area contributed by atoms with E-state index in [-0.39, 0.29) is 5.91 Å². The van der Waals surface area contributed by atoms with Gasteiger partial charge < -0.3 is 10.1 Å². The third-order valence-corrected chi connectivity index (χ3v) is 3.77. The molecule has 1 aliphatic rings. The summed E-state index contributed by atoms with van der Waals surface area (Å²) in [7, 11) is 0. The number of rotatable bonds is 0. The summed E-state index contributed by atoms with van der Waals surface area (Å²) in [5.41, 5.74) is 1.26. The van der Waals surface area contributed by atoms with E-state index in [2.05, 4.69) is 21.2 Å². The highest BCUT2D eigenvalue weighted by Gasteiger charge is 2.22. The molecule has 0 fully saturated rings. The lowest BCUT2D eigenvalue weighted by molar-refractivity contribution is 0.102. The number of anilines is 1. The maximum Gasteiger partial charge on any atom is 0.260 e. The van der Waals surface area contributed by atoms with Gasteiger partial charge in [0.05, 0.1) is 15.0 Å². The van der Waals surface area contributed by atoms with E-state index in [9.17, 15) is 4.79 Å². The monoisotopic (exact) mass is 295 g/mol. The normalized spacial score (nSPS) is 13.2. The fourth-order valence-electron chi connectivity index (χ4n) is 1.53. The minimum atomic E-state index is -0.137. The summed E-state index contributed by atoms with van der Waals surface area (Å²) < 4.78 is 6.58. The number of nitrogens with one attached hydrogen (secondary N) is 1. The topological polar surface area (TPSA) is 38.3 Å². The lowest BCUT2D eigenvalue weighted by Gasteiger charge is -2.04. The van der Waals surface area contributed by atoms with Crippen molar-refractivity contribution in [3.63, 3.8) is 0 Å². The lowest BCUT2D eigenvalue weighted by atomic mass is 10.3. The van der Waals surface area contributed by atoms with Crippen molar-refractivity contribution < 1.29 is 9.53 Å². The molecule has 80 valence electrons. The Morgan fingerprint density at radius 2 is 2.12 bits per heavy atom. The molecule has 1 aromatic heterocycles. The van der Waals surface area contributed by atoms with Crippen molar-refractivity contribution in [2.45, 2.75) is 0 Å². The number of ether oxygens (including phenoxy) is 1. The molecule has 0 saturated heterocycles. The number of halogens is 1. The Labute approximate surface area is 104 Å². The zero-order valence-electron chi connectivity index (χ0n) is 7.99. The first-order chi connectivity index (χ1) is 7.74. The van der Waals surface area contributed by atoms with Crippen molar-refractivity contribution in [2.75, 3.05) is 5.32 Å². The van der Waals surface area contributed by atoms with E-state index in [1.54, 1.807) is 6.07 Å². The first-order valence-corrected chi connectivity index (χ1v) is 6.22. The van der Waals surface area contributed by atoms with E-state index in [0.717, 1.165) is 3.79 Å². The van der Waals surface area contributed by atoms with Crippen LogP contribution in [0, 0.1) is 0 Å². The second-order valence-corrected chi connectivity index (χ2v) is 5.70. The SMILES string of the molecule is O=C1Nc2ccccc2Oc2sc(Br)cc21. The molecular formula is C11H6BrNO2S. The number of hydrogen-bond acceptors (Lipinski definition) is 3. The summed E-state index contributed by atoms with van der Waals surface area (Å²) in [5, 5.41) is 3.43. The predicted molar refractivity (Wildman–Crippen MR) is 66.5 cm³/mol. The Balaban J connectivity index is 2.17. The molecule has 0 bridgehead atoms. The molecule has 1 N–H and O–H groups in total. The molecular weight excluding hydrogens is 290 g/mol. The van der Waals surface area contributed by atoms with E-state index >= 15 is 0 Å². The summed E-state index contributed by atoms with van der Waals surface area (Å²) in [6.07, 6.45) is 0. The fourth-order valence-corrected chi connectivity index (χ4v) is 2.94. The van der Waals surface area contributed by atoms with Gasteiger partial charge in [-0.25, -0.2) is 0 Å². The Morgan fingerprint density at radius 1 is 1.31 bits per heavy atom. The lowest BCUT2D eigenvalue weighted by Crippen LogP contribution is -2.09. The van der Waals surface area contributed by atoms with Gasteiger partial charge in [-0.1, -0.05) is 23.5 Å². The van der Waals surface area contributed by atoms with E-state index in [4.69, 9.17) is 4.74 Å². The molecule has 0 radical (unpaired) electrons. The first kappa shape index (κ1) is 9.86. The second kappa shape index (κ2) is 3.61. The van der Waals surface area contributed by atoms with Crippen LogP contribution < -0.4 is 10.1 Å². The molecule has 0 aliphatic carbocycles. The molecule has 16 heavy (non-hydrogen) atoms. The van der Waals surface area contributed by atoms with Crippen LogP contribution in [0.25, 0.3) is 0 Å². The van der Waals surface area contributed by atoms with Gasteiger partial charge in [0.15, 0.2) is 10.8 Å².